The molecule has 0 radical (unpaired) electrons. The highest BCUT2D eigenvalue weighted by molar-refractivity contribution is 6.14. The smallest absolute Gasteiger partial charge is 0.200 e. The van der Waals surface area contributed by atoms with Crippen LogP contribution in [0, 0.1) is 0 Å². The second-order valence-corrected chi connectivity index (χ2v) is 4.08. The third-order valence-corrected chi connectivity index (χ3v) is 3.11. The first-order valence-electron chi connectivity index (χ1n) is 5.33. The number of hydrogen-bond acceptors (Lipinski definition) is 5. The number of aromatic hydroxyl groups is 1. The van der Waals surface area contributed by atoms with E-state index >= 15 is 0 Å². The second kappa shape index (κ2) is 3.61. The van der Waals surface area contributed by atoms with E-state index in [9.17, 15) is 15.0 Å². The van der Waals surface area contributed by atoms with Crippen molar-refractivity contribution in [1.82, 2.24) is 0 Å². The molecule has 1 aliphatic carbocycles. The van der Waals surface area contributed by atoms with Crippen molar-refractivity contribution < 1.29 is 24.2 Å². The van der Waals surface area contributed by atoms with Crippen molar-refractivity contribution >= 4 is 5.78 Å². The summed E-state index contributed by atoms with van der Waals surface area (Å²) in [5, 5.41) is 20.1. The number of carbonyl (C=O) groups excluding carboxylic acids is 1. The van der Waals surface area contributed by atoms with Crippen LogP contribution in [0.3, 0.4) is 0 Å². The minimum absolute atomic E-state index is 0.0946. The molecule has 0 bridgehead atoms. The van der Waals surface area contributed by atoms with E-state index in [1.54, 1.807) is 0 Å². The molecule has 92 valence electrons. The normalized spacial score (nSPS) is 17.2. The van der Waals surface area contributed by atoms with E-state index in [1.807, 2.05) is 0 Å². The van der Waals surface area contributed by atoms with Gasteiger partial charge >= 0.3 is 0 Å². The van der Waals surface area contributed by atoms with Crippen molar-refractivity contribution in [1.29, 1.82) is 0 Å². The van der Waals surface area contributed by atoms with E-state index in [1.165, 1.54) is 31.8 Å². The van der Waals surface area contributed by atoms with E-state index in [4.69, 9.17) is 9.15 Å². The highest BCUT2D eigenvalue weighted by Gasteiger charge is 2.34. The molecule has 5 nitrogen and oxygen atoms in total. The van der Waals surface area contributed by atoms with Gasteiger partial charge in [-0.3, -0.25) is 4.79 Å². The SMILES string of the molecule is COc1cc(O)c2c(c1)C(O)c1cocc1C2=O. The largest absolute Gasteiger partial charge is 0.507 e. The van der Waals surface area contributed by atoms with Gasteiger partial charge in [-0.05, 0) is 6.07 Å². The summed E-state index contributed by atoms with van der Waals surface area (Å²) in [4.78, 5) is 12.2. The maximum Gasteiger partial charge on any atom is 0.200 e. The highest BCUT2D eigenvalue weighted by Crippen LogP contribution is 2.41. The molecule has 18 heavy (non-hydrogen) atoms. The van der Waals surface area contributed by atoms with Gasteiger partial charge < -0.3 is 19.4 Å². The van der Waals surface area contributed by atoms with E-state index in [-0.39, 0.29) is 22.7 Å². The Hall–Kier alpha value is -2.27. The fraction of sp³-hybridized carbons (Fsp3) is 0.154. The number of ether oxygens (including phenoxy) is 1. The number of furan rings is 1. The monoisotopic (exact) mass is 246 g/mol. The van der Waals surface area contributed by atoms with Gasteiger partial charge in [-0.25, -0.2) is 0 Å². The lowest BCUT2D eigenvalue weighted by Gasteiger charge is -2.21. The zero-order valence-corrected chi connectivity index (χ0v) is 9.51. The summed E-state index contributed by atoms with van der Waals surface area (Å²) >= 11 is 0. The van der Waals surface area contributed by atoms with Crippen LogP contribution in [0.5, 0.6) is 11.5 Å². The first kappa shape index (κ1) is 10.9. The molecular weight excluding hydrogens is 236 g/mol. The Labute approximate surface area is 102 Å². The number of methoxy groups -OCH3 is 1. The van der Waals surface area contributed by atoms with Crippen molar-refractivity contribution in [2.45, 2.75) is 6.10 Å². The summed E-state index contributed by atoms with van der Waals surface area (Å²) in [6.45, 7) is 0. The molecule has 1 heterocycles. The molecule has 0 amide bonds. The van der Waals surface area contributed by atoms with Gasteiger partial charge in [-0.15, -0.1) is 0 Å². The molecule has 1 aliphatic rings. The van der Waals surface area contributed by atoms with E-state index in [0.717, 1.165) is 0 Å². The number of hydrogen-bond donors (Lipinski definition) is 2. The number of phenolic OH excluding ortho intramolecular Hbond substituents is 1. The Bertz CT molecular complexity index is 641. The zero-order valence-electron chi connectivity index (χ0n) is 9.51. The van der Waals surface area contributed by atoms with Crippen LogP contribution in [-0.2, 0) is 0 Å². The first-order chi connectivity index (χ1) is 8.63. The fourth-order valence-electron chi connectivity index (χ4n) is 2.21. The molecule has 0 saturated heterocycles. The van der Waals surface area contributed by atoms with Crippen LogP contribution in [-0.4, -0.2) is 23.1 Å². The predicted octanol–water partition coefficient (Wildman–Crippen LogP) is 1.62. The molecular formula is C13H10O5. The lowest BCUT2D eigenvalue weighted by Crippen LogP contribution is -2.18. The summed E-state index contributed by atoms with van der Waals surface area (Å²) in [5.41, 5.74) is 1.10. The number of aliphatic hydroxyl groups is 1. The van der Waals surface area contributed by atoms with Crippen molar-refractivity contribution in [3.8, 4) is 11.5 Å². The number of carbonyl (C=O) groups is 1. The van der Waals surface area contributed by atoms with Gasteiger partial charge in [0.2, 0.25) is 5.78 Å². The molecule has 0 fully saturated rings. The number of phenols is 1. The topological polar surface area (TPSA) is 79.9 Å². The minimum Gasteiger partial charge on any atom is -0.507 e. The standard InChI is InChI=1S/C13H10O5/c1-17-6-2-7-11(10(14)3-6)13(16)9-5-18-4-8(9)12(7)15/h2-5,12,14-15H,1H3. The summed E-state index contributed by atoms with van der Waals surface area (Å²) in [6, 6.07) is 2.88. The Kier molecular flexibility index (Phi) is 2.18. The average Bonchev–Trinajstić information content (AvgIpc) is 2.84. The number of benzene rings is 1. The van der Waals surface area contributed by atoms with Crippen molar-refractivity contribution in [2.75, 3.05) is 7.11 Å². The van der Waals surface area contributed by atoms with Crippen LogP contribution in [0.15, 0.2) is 29.1 Å². The number of ketones is 1. The summed E-state index contributed by atoms with van der Waals surface area (Å²) < 4.78 is 9.95. The molecule has 1 unspecified atom stereocenters. The molecule has 0 aliphatic heterocycles. The minimum atomic E-state index is -1.01. The quantitative estimate of drug-likeness (QED) is 0.799. The number of fused-ring (bicyclic) bond motifs is 2. The van der Waals surface area contributed by atoms with E-state index in [2.05, 4.69) is 0 Å². The van der Waals surface area contributed by atoms with Gasteiger partial charge in [0.25, 0.3) is 0 Å². The van der Waals surface area contributed by atoms with Gasteiger partial charge in [0.1, 0.15) is 23.9 Å². The molecule has 0 spiro atoms. The highest BCUT2D eigenvalue weighted by atomic mass is 16.5. The van der Waals surface area contributed by atoms with Crippen LogP contribution in [0.25, 0.3) is 0 Å². The molecule has 0 saturated carbocycles. The van der Waals surface area contributed by atoms with Gasteiger partial charge in [0.05, 0.1) is 24.5 Å². The maximum absolute atomic E-state index is 12.2. The van der Waals surface area contributed by atoms with Crippen molar-refractivity contribution in [2.24, 2.45) is 0 Å². The van der Waals surface area contributed by atoms with Crippen LogP contribution in [0.4, 0.5) is 0 Å². The Morgan fingerprint density at radius 3 is 2.78 bits per heavy atom. The zero-order chi connectivity index (χ0) is 12.9. The molecule has 3 rings (SSSR count). The lowest BCUT2D eigenvalue weighted by molar-refractivity contribution is 0.101. The Morgan fingerprint density at radius 2 is 2.06 bits per heavy atom. The maximum atomic E-state index is 12.2. The third-order valence-electron chi connectivity index (χ3n) is 3.11. The van der Waals surface area contributed by atoms with E-state index in [0.29, 0.717) is 16.9 Å². The summed E-state index contributed by atoms with van der Waals surface area (Å²) in [6.07, 6.45) is 1.60. The van der Waals surface area contributed by atoms with Crippen molar-refractivity contribution in [3.05, 3.63) is 46.9 Å². The second-order valence-electron chi connectivity index (χ2n) is 4.08. The number of rotatable bonds is 1. The fourth-order valence-corrected chi connectivity index (χ4v) is 2.21. The Balaban J connectivity index is 2.29. The lowest BCUT2D eigenvalue weighted by atomic mass is 9.85. The van der Waals surface area contributed by atoms with Crippen LogP contribution < -0.4 is 4.74 Å². The van der Waals surface area contributed by atoms with Gasteiger partial charge in [0, 0.05) is 17.2 Å². The number of aliphatic hydroxyl groups excluding tert-OH is 1. The first-order valence-corrected chi connectivity index (χ1v) is 5.33. The van der Waals surface area contributed by atoms with Crippen LogP contribution >= 0.6 is 0 Å². The third kappa shape index (κ3) is 1.28. The average molecular weight is 246 g/mol. The molecule has 5 heteroatoms. The van der Waals surface area contributed by atoms with Gasteiger partial charge in [-0.2, -0.15) is 0 Å². The molecule has 2 N–H and O–H groups in total. The van der Waals surface area contributed by atoms with E-state index < -0.39 is 6.10 Å². The van der Waals surface area contributed by atoms with Crippen molar-refractivity contribution in [3.63, 3.8) is 0 Å². The predicted molar refractivity (Wildman–Crippen MR) is 60.9 cm³/mol. The molecule has 2 aromatic rings. The van der Waals surface area contributed by atoms with Gasteiger partial charge in [0.15, 0.2) is 0 Å². The molecule has 1 aromatic carbocycles. The van der Waals surface area contributed by atoms with Crippen LogP contribution in [0.2, 0.25) is 0 Å². The molecule has 1 aromatic heterocycles. The molecule has 1 atom stereocenters. The van der Waals surface area contributed by atoms with Crippen LogP contribution in [0.1, 0.15) is 33.2 Å². The van der Waals surface area contributed by atoms with Gasteiger partial charge in [-0.1, -0.05) is 0 Å². The summed E-state index contributed by atoms with van der Waals surface area (Å²) in [5.74, 6) is -0.190. The summed E-state index contributed by atoms with van der Waals surface area (Å²) in [7, 11) is 1.45. The Morgan fingerprint density at radius 1 is 1.28 bits per heavy atom.